The molecule has 0 bridgehead atoms. The minimum absolute atomic E-state index is 0.203. The van der Waals surface area contributed by atoms with Crippen LogP contribution in [-0.2, 0) is 0 Å². The second-order valence-electron chi connectivity index (χ2n) is 5.25. The number of hydrogen-bond donors (Lipinski definition) is 2. The molecule has 0 saturated carbocycles. The summed E-state index contributed by atoms with van der Waals surface area (Å²) in [7, 11) is 0. The van der Waals surface area contributed by atoms with Crippen LogP contribution < -0.4 is 5.32 Å². The van der Waals surface area contributed by atoms with E-state index in [4.69, 9.17) is 0 Å². The lowest BCUT2D eigenvalue weighted by molar-refractivity contribution is 0.155. The highest BCUT2D eigenvalue weighted by Crippen LogP contribution is 2.31. The van der Waals surface area contributed by atoms with E-state index in [0.29, 0.717) is 0 Å². The summed E-state index contributed by atoms with van der Waals surface area (Å²) in [5, 5.41) is 14.3. The largest absolute Gasteiger partial charge is 0.386 e. The maximum absolute atomic E-state index is 10.8. The molecule has 0 fully saturated rings. The summed E-state index contributed by atoms with van der Waals surface area (Å²) in [6.07, 6.45) is -0.621. The van der Waals surface area contributed by atoms with Crippen LogP contribution in [0.3, 0.4) is 0 Å². The molecule has 0 aliphatic carbocycles. The van der Waals surface area contributed by atoms with Gasteiger partial charge < -0.3 is 10.4 Å². The zero-order valence-corrected chi connectivity index (χ0v) is 12.3. The van der Waals surface area contributed by atoms with E-state index < -0.39 is 6.10 Å². The first kappa shape index (κ1) is 14.4. The zero-order chi connectivity index (χ0) is 15.2. The van der Waals surface area contributed by atoms with Gasteiger partial charge >= 0.3 is 0 Å². The molecule has 2 atom stereocenters. The first-order valence-corrected chi connectivity index (χ1v) is 7.44. The van der Waals surface area contributed by atoms with E-state index in [1.54, 1.807) is 0 Å². The monoisotopic (exact) mass is 289 g/mol. The van der Waals surface area contributed by atoms with Crippen LogP contribution in [0.2, 0.25) is 0 Å². The minimum atomic E-state index is -0.621. The molecular weight excluding hydrogens is 270 g/mol. The summed E-state index contributed by atoms with van der Waals surface area (Å²) >= 11 is 0. The molecule has 2 nitrogen and oxygen atoms in total. The van der Waals surface area contributed by atoms with Crippen LogP contribution in [0.4, 0.5) is 5.69 Å². The molecule has 0 heterocycles. The molecule has 2 heteroatoms. The Morgan fingerprint density at radius 2 is 1.05 bits per heavy atom. The normalized spacial score (nSPS) is 13.3. The van der Waals surface area contributed by atoms with Crippen LogP contribution in [0.15, 0.2) is 91.0 Å². The van der Waals surface area contributed by atoms with Crippen LogP contribution in [0.25, 0.3) is 0 Å². The van der Waals surface area contributed by atoms with Crippen molar-refractivity contribution >= 4 is 5.69 Å². The van der Waals surface area contributed by atoms with Crippen LogP contribution in [0, 0.1) is 0 Å². The van der Waals surface area contributed by atoms with Crippen molar-refractivity contribution in [1.82, 2.24) is 0 Å². The van der Waals surface area contributed by atoms with Crippen molar-refractivity contribution in [3.8, 4) is 0 Å². The van der Waals surface area contributed by atoms with E-state index in [9.17, 15) is 5.11 Å². The summed E-state index contributed by atoms with van der Waals surface area (Å²) in [5.41, 5.74) is 2.95. The lowest BCUT2D eigenvalue weighted by Crippen LogP contribution is -2.19. The van der Waals surface area contributed by atoms with Gasteiger partial charge in [0.2, 0.25) is 0 Å². The molecule has 2 unspecified atom stereocenters. The standard InChI is InChI=1S/C20H19NO/c22-20(17-12-6-2-7-13-17)19(16-10-4-1-5-11-16)21-18-14-8-3-9-15-18/h1-15,19-22H. The van der Waals surface area contributed by atoms with Crippen molar-refractivity contribution < 1.29 is 5.11 Å². The Balaban J connectivity index is 1.93. The van der Waals surface area contributed by atoms with Crippen molar-refractivity contribution in [3.63, 3.8) is 0 Å². The van der Waals surface area contributed by atoms with Gasteiger partial charge in [-0.2, -0.15) is 0 Å². The first-order chi connectivity index (χ1) is 10.8. The second-order valence-corrected chi connectivity index (χ2v) is 5.25. The number of hydrogen-bond acceptors (Lipinski definition) is 2. The average molecular weight is 289 g/mol. The van der Waals surface area contributed by atoms with Gasteiger partial charge in [-0.3, -0.25) is 0 Å². The number of aliphatic hydroxyl groups is 1. The molecule has 0 spiro atoms. The molecule has 0 radical (unpaired) electrons. The fourth-order valence-electron chi connectivity index (χ4n) is 2.56. The summed E-state index contributed by atoms with van der Waals surface area (Å²) < 4.78 is 0. The van der Waals surface area contributed by atoms with E-state index in [0.717, 1.165) is 16.8 Å². The summed E-state index contributed by atoms with van der Waals surface area (Å²) in [4.78, 5) is 0. The van der Waals surface area contributed by atoms with Gasteiger partial charge in [0.1, 0.15) is 6.10 Å². The number of anilines is 1. The third-order valence-electron chi connectivity index (χ3n) is 3.71. The highest BCUT2D eigenvalue weighted by molar-refractivity contribution is 5.46. The summed E-state index contributed by atoms with van der Waals surface area (Å²) in [6.45, 7) is 0. The smallest absolute Gasteiger partial charge is 0.103 e. The van der Waals surface area contributed by atoms with Gasteiger partial charge in [0.05, 0.1) is 6.04 Å². The Kier molecular flexibility index (Phi) is 4.52. The molecular formula is C20H19NO. The Hall–Kier alpha value is -2.58. The van der Waals surface area contributed by atoms with Crippen LogP contribution in [0.1, 0.15) is 23.3 Å². The second kappa shape index (κ2) is 6.92. The van der Waals surface area contributed by atoms with Gasteiger partial charge in [-0.1, -0.05) is 78.9 Å². The van der Waals surface area contributed by atoms with Crippen molar-refractivity contribution in [3.05, 3.63) is 102 Å². The number of aliphatic hydroxyl groups excluding tert-OH is 1. The van der Waals surface area contributed by atoms with E-state index in [2.05, 4.69) is 5.32 Å². The van der Waals surface area contributed by atoms with Gasteiger partial charge in [0, 0.05) is 5.69 Å². The van der Waals surface area contributed by atoms with Crippen molar-refractivity contribution in [2.75, 3.05) is 5.32 Å². The average Bonchev–Trinajstić information content (AvgIpc) is 2.61. The van der Waals surface area contributed by atoms with E-state index in [1.165, 1.54) is 0 Å². The molecule has 3 aromatic rings. The molecule has 0 aliphatic rings. The van der Waals surface area contributed by atoms with Gasteiger partial charge in [-0.15, -0.1) is 0 Å². The fourth-order valence-corrected chi connectivity index (χ4v) is 2.56. The van der Waals surface area contributed by atoms with Crippen molar-refractivity contribution in [2.24, 2.45) is 0 Å². The third kappa shape index (κ3) is 3.35. The van der Waals surface area contributed by atoms with Crippen LogP contribution in [0.5, 0.6) is 0 Å². The number of para-hydroxylation sites is 1. The molecule has 2 N–H and O–H groups in total. The summed E-state index contributed by atoms with van der Waals surface area (Å²) in [6, 6.07) is 29.6. The molecule has 0 saturated heterocycles. The highest BCUT2D eigenvalue weighted by Gasteiger charge is 2.22. The van der Waals surface area contributed by atoms with E-state index >= 15 is 0 Å². The lowest BCUT2D eigenvalue weighted by atomic mass is 9.95. The van der Waals surface area contributed by atoms with Gasteiger partial charge in [0.25, 0.3) is 0 Å². The van der Waals surface area contributed by atoms with E-state index in [-0.39, 0.29) is 6.04 Å². The Morgan fingerprint density at radius 1 is 0.591 bits per heavy atom. The Bertz CT molecular complexity index is 683. The van der Waals surface area contributed by atoms with Gasteiger partial charge in [-0.25, -0.2) is 0 Å². The van der Waals surface area contributed by atoms with Crippen molar-refractivity contribution in [1.29, 1.82) is 0 Å². The predicted molar refractivity (Wildman–Crippen MR) is 90.6 cm³/mol. The van der Waals surface area contributed by atoms with Crippen molar-refractivity contribution in [2.45, 2.75) is 12.1 Å². The molecule has 0 amide bonds. The first-order valence-electron chi connectivity index (χ1n) is 7.44. The Labute approximate surface area is 131 Å². The fraction of sp³-hybridized carbons (Fsp3) is 0.100. The lowest BCUT2D eigenvalue weighted by Gasteiger charge is -2.26. The number of nitrogens with one attached hydrogen (secondary N) is 1. The van der Waals surface area contributed by atoms with Crippen LogP contribution in [-0.4, -0.2) is 5.11 Å². The van der Waals surface area contributed by atoms with Crippen LogP contribution >= 0.6 is 0 Å². The molecule has 0 aliphatic heterocycles. The minimum Gasteiger partial charge on any atom is -0.386 e. The maximum Gasteiger partial charge on any atom is 0.103 e. The highest BCUT2D eigenvalue weighted by atomic mass is 16.3. The molecule has 3 aromatic carbocycles. The quantitative estimate of drug-likeness (QED) is 0.721. The third-order valence-corrected chi connectivity index (χ3v) is 3.71. The molecule has 22 heavy (non-hydrogen) atoms. The van der Waals surface area contributed by atoms with Gasteiger partial charge in [0.15, 0.2) is 0 Å². The number of rotatable bonds is 5. The Morgan fingerprint density at radius 3 is 1.59 bits per heavy atom. The zero-order valence-electron chi connectivity index (χ0n) is 12.3. The molecule has 3 rings (SSSR count). The summed E-state index contributed by atoms with van der Waals surface area (Å²) in [5.74, 6) is 0. The number of benzene rings is 3. The van der Waals surface area contributed by atoms with E-state index in [1.807, 2.05) is 91.0 Å². The molecule has 0 aromatic heterocycles. The topological polar surface area (TPSA) is 32.3 Å². The maximum atomic E-state index is 10.8. The predicted octanol–water partition coefficient (Wildman–Crippen LogP) is 4.57. The van der Waals surface area contributed by atoms with Gasteiger partial charge in [-0.05, 0) is 23.3 Å². The molecule has 110 valence electrons. The SMILES string of the molecule is OC(c1ccccc1)C(Nc1ccccc1)c1ccccc1.